The number of hydrogen-bond donors (Lipinski definition) is 1. The summed E-state index contributed by atoms with van der Waals surface area (Å²) in [5, 5.41) is 8.50. The molecule has 0 saturated heterocycles. The van der Waals surface area contributed by atoms with Crippen LogP contribution in [0.15, 0.2) is 36.5 Å². The molecule has 7 nitrogen and oxygen atoms in total. The van der Waals surface area contributed by atoms with E-state index < -0.39 is 6.17 Å². The normalized spacial score (nSPS) is 21.0. The van der Waals surface area contributed by atoms with E-state index >= 15 is 0 Å². The minimum absolute atomic E-state index is 0.00183. The third kappa shape index (κ3) is 6.70. The Balaban J connectivity index is 1.03. The van der Waals surface area contributed by atoms with Gasteiger partial charge in [-0.05, 0) is 68.7 Å². The van der Waals surface area contributed by atoms with Crippen LogP contribution >= 0.6 is 0 Å². The van der Waals surface area contributed by atoms with E-state index in [0.29, 0.717) is 17.4 Å². The van der Waals surface area contributed by atoms with Crippen LogP contribution in [0.2, 0.25) is 0 Å². The third-order valence-electron chi connectivity index (χ3n) is 8.15. The van der Waals surface area contributed by atoms with Crippen molar-refractivity contribution in [1.82, 2.24) is 25.0 Å². The van der Waals surface area contributed by atoms with Crippen molar-refractivity contribution in [2.24, 2.45) is 18.9 Å². The molecule has 2 aromatic heterocycles. The zero-order chi connectivity index (χ0) is 26.5. The van der Waals surface area contributed by atoms with E-state index in [9.17, 15) is 9.18 Å². The van der Waals surface area contributed by atoms with Crippen molar-refractivity contribution in [2.75, 3.05) is 32.8 Å². The molecule has 0 bridgehead atoms. The molecular formula is C30H40FN5O2. The van der Waals surface area contributed by atoms with Gasteiger partial charge < -0.3 is 15.0 Å². The summed E-state index contributed by atoms with van der Waals surface area (Å²) in [6.07, 6.45) is 8.90. The molecular weight excluding hydrogens is 481 g/mol. The molecule has 1 aliphatic heterocycles. The van der Waals surface area contributed by atoms with Crippen molar-refractivity contribution >= 4 is 16.8 Å². The molecule has 3 heterocycles. The minimum Gasteiger partial charge on any atom is -0.475 e. The van der Waals surface area contributed by atoms with Crippen LogP contribution in [0.1, 0.15) is 60.6 Å². The molecule has 1 fully saturated rings. The van der Waals surface area contributed by atoms with Crippen LogP contribution in [0, 0.1) is 11.8 Å². The zero-order valence-corrected chi connectivity index (χ0v) is 22.7. The number of aryl methyl sites for hydroxylation is 1. The molecule has 204 valence electrons. The summed E-state index contributed by atoms with van der Waals surface area (Å²) >= 11 is 0. The number of alkyl halides is 1. The highest BCUT2D eigenvalue weighted by Gasteiger charge is 2.23. The summed E-state index contributed by atoms with van der Waals surface area (Å²) in [5.41, 5.74) is 3.94. The van der Waals surface area contributed by atoms with E-state index in [0.717, 1.165) is 61.5 Å². The highest BCUT2D eigenvalue weighted by atomic mass is 19.1. The van der Waals surface area contributed by atoms with Crippen LogP contribution in [0.5, 0.6) is 5.88 Å². The van der Waals surface area contributed by atoms with Crippen LogP contribution in [0.4, 0.5) is 4.39 Å². The van der Waals surface area contributed by atoms with E-state index in [4.69, 9.17) is 4.74 Å². The molecule has 0 spiro atoms. The molecule has 5 rings (SSSR count). The van der Waals surface area contributed by atoms with Gasteiger partial charge in [0.25, 0.3) is 5.91 Å². The lowest BCUT2D eigenvalue weighted by atomic mass is 9.80. The van der Waals surface area contributed by atoms with E-state index in [-0.39, 0.29) is 12.5 Å². The average Bonchev–Trinajstić information content (AvgIpc) is 3.19. The number of halogens is 1. The quantitative estimate of drug-likeness (QED) is 0.441. The first kappa shape index (κ1) is 26.6. The lowest BCUT2D eigenvalue weighted by Gasteiger charge is -2.30. The van der Waals surface area contributed by atoms with Gasteiger partial charge in [0.05, 0.1) is 11.1 Å². The second kappa shape index (κ2) is 12.2. The molecule has 1 amide bonds. The number of nitrogens with one attached hydrogen (secondary N) is 1. The van der Waals surface area contributed by atoms with Crippen LogP contribution in [-0.2, 0) is 19.9 Å². The van der Waals surface area contributed by atoms with E-state index in [1.807, 2.05) is 37.5 Å². The van der Waals surface area contributed by atoms with Gasteiger partial charge in [-0.2, -0.15) is 5.10 Å². The van der Waals surface area contributed by atoms with Crippen LogP contribution in [-0.4, -0.2) is 64.5 Å². The fourth-order valence-corrected chi connectivity index (χ4v) is 5.89. The van der Waals surface area contributed by atoms with Crippen molar-refractivity contribution in [3.05, 3.63) is 53.3 Å². The topological polar surface area (TPSA) is 72.3 Å². The molecule has 0 radical (unpaired) electrons. The molecule has 1 unspecified atom stereocenters. The third-order valence-corrected chi connectivity index (χ3v) is 8.15. The Bertz CT molecular complexity index is 1230. The maximum Gasteiger partial charge on any atom is 0.252 e. The molecule has 3 aromatic rings. The number of carbonyl (C=O) groups is 1. The van der Waals surface area contributed by atoms with Crippen LogP contribution in [0.25, 0.3) is 10.9 Å². The Morgan fingerprint density at radius 1 is 1.13 bits per heavy atom. The van der Waals surface area contributed by atoms with Gasteiger partial charge in [0.15, 0.2) is 0 Å². The summed E-state index contributed by atoms with van der Waals surface area (Å²) in [6.45, 7) is 5.48. The molecule has 8 heteroatoms. The van der Waals surface area contributed by atoms with Gasteiger partial charge in [-0.15, -0.1) is 0 Å². The summed E-state index contributed by atoms with van der Waals surface area (Å²) in [4.78, 5) is 20.1. The highest BCUT2D eigenvalue weighted by molar-refractivity contribution is 6.06. The number of pyridine rings is 1. The first-order valence-corrected chi connectivity index (χ1v) is 14.1. The maximum atomic E-state index is 13.1. The van der Waals surface area contributed by atoms with E-state index in [1.165, 1.54) is 44.6 Å². The van der Waals surface area contributed by atoms with Crippen molar-refractivity contribution in [3.63, 3.8) is 0 Å². The monoisotopic (exact) mass is 521 g/mol. The molecule has 1 atom stereocenters. The van der Waals surface area contributed by atoms with Gasteiger partial charge >= 0.3 is 0 Å². The summed E-state index contributed by atoms with van der Waals surface area (Å²) in [6, 6.07) is 9.69. The molecule has 2 aliphatic rings. The molecule has 1 aliphatic carbocycles. The highest BCUT2D eigenvalue weighted by Crippen LogP contribution is 2.31. The first-order chi connectivity index (χ1) is 18.4. The first-order valence-electron chi connectivity index (χ1n) is 14.1. The van der Waals surface area contributed by atoms with Gasteiger partial charge in [-0.25, -0.2) is 9.37 Å². The molecule has 1 saturated carbocycles. The van der Waals surface area contributed by atoms with Crippen LogP contribution in [0.3, 0.4) is 0 Å². The Morgan fingerprint density at radius 3 is 2.74 bits per heavy atom. The Morgan fingerprint density at radius 2 is 1.92 bits per heavy atom. The summed E-state index contributed by atoms with van der Waals surface area (Å²) < 4.78 is 20.3. The number of aromatic nitrogens is 3. The number of amides is 1. The molecule has 1 N–H and O–H groups in total. The van der Waals surface area contributed by atoms with Gasteiger partial charge in [0.2, 0.25) is 5.88 Å². The second-order valence-electron chi connectivity index (χ2n) is 11.1. The Labute approximate surface area is 224 Å². The summed E-state index contributed by atoms with van der Waals surface area (Å²) in [7, 11) is 1.88. The summed E-state index contributed by atoms with van der Waals surface area (Å²) in [5.74, 6) is 1.85. The van der Waals surface area contributed by atoms with Crippen molar-refractivity contribution in [2.45, 2.75) is 58.0 Å². The second-order valence-corrected chi connectivity index (χ2v) is 11.1. The van der Waals surface area contributed by atoms with Crippen molar-refractivity contribution < 1.29 is 13.9 Å². The average molecular weight is 522 g/mol. The zero-order valence-electron chi connectivity index (χ0n) is 22.7. The maximum absolute atomic E-state index is 13.1. The van der Waals surface area contributed by atoms with Gasteiger partial charge in [0.1, 0.15) is 12.8 Å². The number of benzene rings is 1. The predicted octanol–water partition coefficient (Wildman–Crippen LogP) is 4.73. The predicted molar refractivity (Wildman–Crippen MR) is 147 cm³/mol. The number of rotatable bonds is 9. The fourth-order valence-electron chi connectivity index (χ4n) is 5.89. The fraction of sp³-hybridized carbons (Fsp3) is 0.567. The van der Waals surface area contributed by atoms with Gasteiger partial charge in [-0.3, -0.25) is 9.48 Å². The van der Waals surface area contributed by atoms with E-state index in [1.54, 1.807) is 4.68 Å². The van der Waals surface area contributed by atoms with Crippen molar-refractivity contribution in [1.29, 1.82) is 0 Å². The van der Waals surface area contributed by atoms with Crippen molar-refractivity contribution in [3.8, 4) is 5.88 Å². The van der Waals surface area contributed by atoms with E-state index in [2.05, 4.69) is 26.4 Å². The Hall–Kier alpha value is -3.00. The smallest absolute Gasteiger partial charge is 0.252 e. The standard InChI is InChI=1S/C30H40FN5O2/c1-21(31)20-38-29-11-10-24-13-16-36(17-14-27(24)33-29)15-12-22-6-8-23(9-7-22)18-32-30(37)25-4-3-5-28-26(25)19-35(2)34-28/h3-5,10-11,19,21-23H,6-9,12-18,20H2,1-2H3,(H,32,37). The number of carbonyl (C=O) groups excluding carboxylic acids is 1. The number of ether oxygens (including phenoxy) is 1. The Kier molecular flexibility index (Phi) is 8.57. The van der Waals surface area contributed by atoms with Gasteiger partial charge in [-0.1, -0.05) is 25.0 Å². The molecule has 38 heavy (non-hydrogen) atoms. The number of hydrogen-bond acceptors (Lipinski definition) is 5. The SMILES string of the molecule is CC(F)COc1ccc2c(n1)CCN(CCC1CCC(CNC(=O)c3cccc4nn(C)cc34)CC1)CC2. The lowest BCUT2D eigenvalue weighted by Crippen LogP contribution is -2.32. The lowest BCUT2D eigenvalue weighted by molar-refractivity contribution is 0.0942. The van der Waals surface area contributed by atoms with Crippen LogP contribution < -0.4 is 10.1 Å². The number of nitrogens with zero attached hydrogens (tertiary/aromatic N) is 4. The minimum atomic E-state index is -0.993. The number of fused-ring (bicyclic) bond motifs is 2. The van der Waals surface area contributed by atoms with Gasteiger partial charge in [0, 0.05) is 56.4 Å². The molecule has 1 aromatic carbocycles. The largest absolute Gasteiger partial charge is 0.475 e.